The smallest absolute Gasteiger partial charge is 0.328 e. The van der Waals surface area contributed by atoms with E-state index in [-0.39, 0.29) is 18.1 Å². The number of ether oxygens (including phenoxy) is 2. The second kappa shape index (κ2) is 6.70. The maximum absolute atomic E-state index is 12.2. The van der Waals surface area contributed by atoms with Crippen molar-refractivity contribution in [2.24, 2.45) is 0 Å². The molecule has 2 N–H and O–H groups in total. The largest absolute Gasteiger partial charge is 0.486 e. The topological polar surface area (TPSA) is 64.8 Å². The lowest BCUT2D eigenvalue weighted by Gasteiger charge is -2.39. The summed E-state index contributed by atoms with van der Waals surface area (Å²) in [6.45, 7) is 6.99. The fraction of sp³-hybridized carbons (Fsp3) is 0.562. The van der Waals surface area contributed by atoms with E-state index in [1.165, 1.54) is 0 Å². The molecule has 2 rings (SSSR count). The zero-order valence-corrected chi connectivity index (χ0v) is 13.0. The minimum atomic E-state index is -0.377. The number of nitrogens with two attached hydrogens (primary N) is 1. The van der Waals surface area contributed by atoms with E-state index < -0.39 is 0 Å². The first-order valence-corrected chi connectivity index (χ1v) is 7.56. The van der Waals surface area contributed by atoms with Crippen LogP contribution in [0.25, 0.3) is 0 Å². The highest BCUT2D eigenvalue weighted by Gasteiger charge is 2.33. The van der Waals surface area contributed by atoms with Gasteiger partial charge in [-0.25, -0.2) is 4.79 Å². The molecule has 2 atom stereocenters. The van der Waals surface area contributed by atoms with Crippen molar-refractivity contribution < 1.29 is 14.3 Å². The molecule has 0 saturated carbocycles. The van der Waals surface area contributed by atoms with Crippen molar-refractivity contribution in [1.29, 1.82) is 0 Å². The third-order valence-electron chi connectivity index (χ3n) is 3.72. The van der Waals surface area contributed by atoms with Crippen LogP contribution in [-0.2, 0) is 9.53 Å². The fourth-order valence-electron chi connectivity index (χ4n) is 2.48. The van der Waals surface area contributed by atoms with Gasteiger partial charge in [0.2, 0.25) is 0 Å². The third kappa shape index (κ3) is 3.23. The molecule has 0 bridgehead atoms. The van der Waals surface area contributed by atoms with Crippen LogP contribution in [0.15, 0.2) is 18.2 Å². The summed E-state index contributed by atoms with van der Waals surface area (Å²) < 4.78 is 11.2. The molecule has 1 aliphatic rings. The van der Waals surface area contributed by atoms with Gasteiger partial charge in [-0.05, 0) is 31.9 Å². The molecule has 1 heterocycles. The Kier molecular flexibility index (Phi) is 4.94. The van der Waals surface area contributed by atoms with E-state index in [1.807, 2.05) is 36.9 Å². The standard InChI is InChI=1S/C16H24N2O3/c1-4-9-20-16(19)11(3)18-10-12(5-2)21-14-8-6-7-13(17)15(14)18/h6-8,11-12H,4-5,9-10,17H2,1-3H3. The van der Waals surface area contributed by atoms with E-state index in [2.05, 4.69) is 6.92 Å². The predicted octanol–water partition coefficient (Wildman–Crippen LogP) is 2.59. The number of hydrogen-bond acceptors (Lipinski definition) is 5. The van der Waals surface area contributed by atoms with Crippen LogP contribution < -0.4 is 15.4 Å². The number of fused-ring (bicyclic) bond motifs is 1. The van der Waals surface area contributed by atoms with Crippen LogP contribution in [0.3, 0.4) is 0 Å². The summed E-state index contributed by atoms with van der Waals surface area (Å²) in [6, 6.07) is 5.21. The molecule has 116 valence electrons. The van der Waals surface area contributed by atoms with Crippen molar-refractivity contribution >= 4 is 17.3 Å². The summed E-state index contributed by atoms with van der Waals surface area (Å²) >= 11 is 0. The van der Waals surface area contributed by atoms with E-state index in [9.17, 15) is 4.79 Å². The molecule has 0 aromatic heterocycles. The van der Waals surface area contributed by atoms with Crippen molar-refractivity contribution in [2.45, 2.75) is 45.8 Å². The second-order valence-corrected chi connectivity index (χ2v) is 5.34. The molecule has 1 aromatic carbocycles. The summed E-state index contributed by atoms with van der Waals surface area (Å²) in [5.41, 5.74) is 7.50. The molecule has 0 fully saturated rings. The lowest BCUT2D eigenvalue weighted by Crippen LogP contribution is -2.48. The normalized spacial score (nSPS) is 18.6. The minimum absolute atomic E-state index is 0.0562. The highest BCUT2D eigenvalue weighted by molar-refractivity contribution is 5.85. The maximum atomic E-state index is 12.2. The molecule has 0 saturated heterocycles. The number of carbonyl (C=O) groups excluding carboxylic acids is 1. The van der Waals surface area contributed by atoms with Crippen molar-refractivity contribution in [3.05, 3.63) is 18.2 Å². The number of anilines is 2. The molecule has 0 aliphatic carbocycles. The molecule has 21 heavy (non-hydrogen) atoms. The summed E-state index contributed by atoms with van der Waals surface area (Å²) in [5.74, 6) is 0.519. The van der Waals surface area contributed by atoms with Gasteiger partial charge in [-0.2, -0.15) is 0 Å². The molecular weight excluding hydrogens is 268 g/mol. The third-order valence-corrected chi connectivity index (χ3v) is 3.72. The summed E-state index contributed by atoms with van der Waals surface area (Å²) in [4.78, 5) is 14.2. The summed E-state index contributed by atoms with van der Waals surface area (Å²) in [5, 5.41) is 0. The van der Waals surface area contributed by atoms with Gasteiger partial charge in [0.15, 0.2) is 0 Å². The zero-order chi connectivity index (χ0) is 15.4. The molecule has 0 spiro atoms. The number of rotatable bonds is 5. The number of para-hydroxylation sites is 1. The molecule has 5 heteroatoms. The van der Waals surface area contributed by atoms with E-state index >= 15 is 0 Å². The van der Waals surface area contributed by atoms with Crippen LogP contribution in [0, 0.1) is 0 Å². The Morgan fingerprint density at radius 1 is 1.52 bits per heavy atom. The number of benzene rings is 1. The van der Waals surface area contributed by atoms with Crippen molar-refractivity contribution in [3.8, 4) is 5.75 Å². The Morgan fingerprint density at radius 2 is 2.29 bits per heavy atom. The van der Waals surface area contributed by atoms with Gasteiger partial charge >= 0.3 is 5.97 Å². The Morgan fingerprint density at radius 3 is 2.95 bits per heavy atom. The molecular formula is C16H24N2O3. The summed E-state index contributed by atoms with van der Waals surface area (Å²) in [6.07, 6.45) is 1.75. The lowest BCUT2D eigenvalue weighted by atomic mass is 10.1. The monoisotopic (exact) mass is 292 g/mol. The number of nitrogens with zero attached hydrogens (tertiary/aromatic N) is 1. The van der Waals surface area contributed by atoms with E-state index in [0.717, 1.165) is 24.3 Å². The fourth-order valence-corrected chi connectivity index (χ4v) is 2.48. The predicted molar refractivity (Wildman–Crippen MR) is 83.6 cm³/mol. The van der Waals surface area contributed by atoms with Crippen LogP contribution in [0.4, 0.5) is 11.4 Å². The molecule has 5 nitrogen and oxygen atoms in total. The molecule has 0 radical (unpaired) electrons. The first-order valence-electron chi connectivity index (χ1n) is 7.56. The number of hydrogen-bond donors (Lipinski definition) is 1. The first kappa shape index (κ1) is 15.5. The van der Waals surface area contributed by atoms with Crippen LogP contribution in [0.2, 0.25) is 0 Å². The Balaban J connectivity index is 2.28. The average molecular weight is 292 g/mol. The molecule has 1 aromatic rings. The van der Waals surface area contributed by atoms with E-state index in [4.69, 9.17) is 15.2 Å². The Bertz CT molecular complexity index is 504. The van der Waals surface area contributed by atoms with E-state index in [1.54, 1.807) is 0 Å². The molecule has 0 amide bonds. The molecule has 2 unspecified atom stereocenters. The highest BCUT2D eigenvalue weighted by atomic mass is 16.5. The van der Waals surface area contributed by atoms with Crippen LogP contribution in [-0.4, -0.2) is 31.3 Å². The van der Waals surface area contributed by atoms with Crippen molar-refractivity contribution in [2.75, 3.05) is 23.8 Å². The van der Waals surface area contributed by atoms with Gasteiger partial charge in [0.25, 0.3) is 0 Å². The van der Waals surface area contributed by atoms with Gasteiger partial charge in [0, 0.05) is 0 Å². The van der Waals surface area contributed by atoms with Gasteiger partial charge in [-0.15, -0.1) is 0 Å². The van der Waals surface area contributed by atoms with Gasteiger partial charge < -0.3 is 20.1 Å². The van der Waals surface area contributed by atoms with Gasteiger partial charge in [-0.3, -0.25) is 0 Å². The number of esters is 1. The van der Waals surface area contributed by atoms with Crippen LogP contribution in [0.1, 0.15) is 33.6 Å². The average Bonchev–Trinajstić information content (AvgIpc) is 2.50. The van der Waals surface area contributed by atoms with Gasteiger partial charge in [0.05, 0.1) is 18.8 Å². The molecule has 1 aliphatic heterocycles. The van der Waals surface area contributed by atoms with Gasteiger partial charge in [0.1, 0.15) is 23.6 Å². The first-order chi connectivity index (χ1) is 10.1. The van der Waals surface area contributed by atoms with Gasteiger partial charge in [-0.1, -0.05) is 19.9 Å². The lowest BCUT2D eigenvalue weighted by molar-refractivity contribution is -0.145. The Labute approximate surface area is 126 Å². The minimum Gasteiger partial charge on any atom is -0.486 e. The quantitative estimate of drug-likeness (QED) is 0.667. The van der Waals surface area contributed by atoms with Crippen molar-refractivity contribution in [3.63, 3.8) is 0 Å². The SMILES string of the molecule is CCCOC(=O)C(C)N1CC(CC)Oc2cccc(N)c21. The highest BCUT2D eigenvalue weighted by Crippen LogP contribution is 2.39. The van der Waals surface area contributed by atoms with Crippen molar-refractivity contribution in [1.82, 2.24) is 0 Å². The number of nitrogen functional groups attached to an aromatic ring is 1. The van der Waals surface area contributed by atoms with E-state index in [0.29, 0.717) is 18.8 Å². The summed E-state index contributed by atoms with van der Waals surface area (Å²) in [7, 11) is 0. The zero-order valence-electron chi connectivity index (χ0n) is 13.0. The van der Waals surface area contributed by atoms with Crippen LogP contribution >= 0.6 is 0 Å². The number of carbonyl (C=O) groups is 1. The Hall–Kier alpha value is -1.91. The van der Waals surface area contributed by atoms with Crippen LogP contribution in [0.5, 0.6) is 5.75 Å². The maximum Gasteiger partial charge on any atom is 0.328 e. The second-order valence-electron chi connectivity index (χ2n) is 5.34.